The van der Waals surface area contributed by atoms with E-state index in [0.717, 1.165) is 36.5 Å². The molecule has 0 radical (unpaired) electrons. The minimum Gasteiger partial charge on any atom is -0.391 e. The molecule has 0 heterocycles. The molecule has 0 bridgehead atoms. The number of nitrogens with zero attached hydrogens (tertiary/aromatic N) is 1. The Morgan fingerprint density at radius 2 is 2.11 bits per heavy atom. The molecule has 1 saturated carbocycles. The molecule has 0 aromatic heterocycles. The van der Waals surface area contributed by atoms with Crippen molar-refractivity contribution < 1.29 is 5.11 Å². The minimum absolute atomic E-state index is 0.182. The third-order valence-corrected chi connectivity index (χ3v) is 4.27. The highest BCUT2D eigenvalue weighted by molar-refractivity contribution is 6.33. The number of aliphatic hydroxyl groups excluding tert-OH is 1. The number of halogens is 1. The average Bonchev–Trinajstić information content (AvgIpc) is 2.39. The maximum atomic E-state index is 10.1. The molecule has 4 heteroatoms. The minimum atomic E-state index is -0.244. The van der Waals surface area contributed by atoms with Gasteiger partial charge in [0.1, 0.15) is 0 Å². The molecular formula is C15H23ClN2O. The molecule has 0 amide bonds. The summed E-state index contributed by atoms with van der Waals surface area (Å²) in [7, 11) is 3.95. The quantitative estimate of drug-likeness (QED) is 0.891. The zero-order valence-corrected chi connectivity index (χ0v) is 12.5. The molecule has 1 fully saturated rings. The van der Waals surface area contributed by atoms with Gasteiger partial charge in [0, 0.05) is 13.6 Å². The van der Waals surface area contributed by atoms with Crippen molar-refractivity contribution in [2.45, 2.75) is 44.4 Å². The van der Waals surface area contributed by atoms with Crippen LogP contribution in [0.4, 0.5) is 5.69 Å². The van der Waals surface area contributed by atoms with Crippen molar-refractivity contribution in [2.24, 2.45) is 0 Å². The van der Waals surface area contributed by atoms with E-state index in [4.69, 9.17) is 11.6 Å². The first kappa shape index (κ1) is 14.6. The Kier molecular flexibility index (Phi) is 5.08. The first-order valence-electron chi connectivity index (χ1n) is 6.97. The van der Waals surface area contributed by atoms with E-state index in [1.165, 1.54) is 12.0 Å². The van der Waals surface area contributed by atoms with Crippen molar-refractivity contribution in [2.75, 3.05) is 19.0 Å². The molecule has 1 aromatic rings. The number of benzene rings is 1. The van der Waals surface area contributed by atoms with Crippen LogP contribution >= 0.6 is 11.6 Å². The van der Waals surface area contributed by atoms with Gasteiger partial charge in [-0.05, 0) is 37.6 Å². The second-order valence-corrected chi connectivity index (χ2v) is 5.75. The monoisotopic (exact) mass is 282 g/mol. The van der Waals surface area contributed by atoms with E-state index in [2.05, 4.69) is 22.3 Å². The van der Waals surface area contributed by atoms with E-state index in [0.29, 0.717) is 0 Å². The van der Waals surface area contributed by atoms with Gasteiger partial charge in [-0.15, -0.1) is 0 Å². The van der Waals surface area contributed by atoms with Gasteiger partial charge < -0.3 is 15.3 Å². The number of anilines is 1. The van der Waals surface area contributed by atoms with Gasteiger partial charge >= 0.3 is 0 Å². The van der Waals surface area contributed by atoms with Crippen LogP contribution in [0.5, 0.6) is 0 Å². The molecule has 19 heavy (non-hydrogen) atoms. The largest absolute Gasteiger partial charge is 0.391 e. The molecule has 0 aliphatic heterocycles. The van der Waals surface area contributed by atoms with Crippen molar-refractivity contribution in [3.05, 3.63) is 28.8 Å². The van der Waals surface area contributed by atoms with Crippen LogP contribution in [0.15, 0.2) is 18.2 Å². The Bertz CT molecular complexity index is 425. The number of aliphatic hydroxyl groups is 1. The van der Waals surface area contributed by atoms with E-state index in [9.17, 15) is 5.11 Å². The summed E-state index contributed by atoms with van der Waals surface area (Å²) < 4.78 is 0. The van der Waals surface area contributed by atoms with Crippen LogP contribution in [-0.4, -0.2) is 31.3 Å². The Hall–Kier alpha value is -0.770. The van der Waals surface area contributed by atoms with Crippen LogP contribution in [0.2, 0.25) is 5.02 Å². The van der Waals surface area contributed by atoms with Gasteiger partial charge in [-0.2, -0.15) is 0 Å². The van der Waals surface area contributed by atoms with Crippen molar-refractivity contribution in [3.63, 3.8) is 0 Å². The summed E-state index contributed by atoms with van der Waals surface area (Å²) in [6, 6.07) is 6.32. The molecule has 1 aromatic carbocycles. The standard InChI is InChI=1S/C15H23ClN2O/c1-17-10-11-7-8-13(12(16)9-11)18(2)14-5-3-4-6-15(14)19/h7-9,14-15,17,19H,3-6,10H2,1-2H3. The van der Waals surface area contributed by atoms with Crippen molar-refractivity contribution >= 4 is 17.3 Å². The molecule has 2 unspecified atom stereocenters. The maximum absolute atomic E-state index is 10.1. The zero-order chi connectivity index (χ0) is 13.8. The molecule has 1 aliphatic carbocycles. The number of rotatable bonds is 4. The lowest BCUT2D eigenvalue weighted by Gasteiger charge is -2.37. The summed E-state index contributed by atoms with van der Waals surface area (Å²) in [4.78, 5) is 2.13. The van der Waals surface area contributed by atoms with Crippen molar-refractivity contribution in [3.8, 4) is 0 Å². The van der Waals surface area contributed by atoms with Crippen molar-refractivity contribution in [1.82, 2.24) is 5.32 Å². The van der Waals surface area contributed by atoms with Crippen LogP contribution in [0.3, 0.4) is 0 Å². The molecule has 3 nitrogen and oxygen atoms in total. The lowest BCUT2D eigenvalue weighted by molar-refractivity contribution is 0.106. The number of likely N-dealkylation sites (N-methyl/N-ethyl adjacent to an activating group) is 1. The Balaban J connectivity index is 2.16. The number of nitrogens with one attached hydrogen (secondary N) is 1. The first-order chi connectivity index (χ1) is 9.13. The van der Waals surface area contributed by atoms with Gasteiger partial charge in [0.05, 0.1) is 22.9 Å². The second-order valence-electron chi connectivity index (χ2n) is 5.35. The molecule has 2 N–H and O–H groups in total. The van der Waals surface area contributed by atoms with Crippen LogP contribution in [0.1, 0.15) is 31.2 Å². The average molecular weight is 283 g/mol. The fourth-order valence-corrected chi connectivity index (χ4v) is 3.21. The lowest BCUT2D eigenvalue weighted by Crippen LogP contribution is -2.43. The Morgan fingerprint density at radius 3 is 2.74 bits per heavy atom. The summed E-state index contributed by atoms with van der Waals surface area (Å²) in [5.41, 5.74) is 2.18. The fourth-order valence-electron chi connectivity index (χ4n) is 2.87. The van der Waals surface area contributed by atoms with Crippen LogP contribution in [0.25, 0.3) is 0 Å². The molecular weight excluding hydrogens is 260 g/mol. The van der Waals surface area contributed by atoms with E-state index >= 15 is 0 Å². The predicted molar refractivity (Wildman–Crippen MR) is 80.9 cm³/mol. The van der Waals surface area contributed by atoms with Crippen LogP contribution in [0, 0.1) is 0 Å². The van der Waals surface area contributed by atoms with Crippen LogP contribution < -0.4 is 10.2 Å². The highest BCUT2D eigenvalue weighted by atomic mass is 35.5. The summed E-state index contributed by atoms with van der Waals surface area (Å²) >= 11 is 6.38. The van der Waals surface area contributed by atoms with E-state index in [-0.39, 0.29) is 12.1 Å². The molecule has 0 saturated heterocycles. The van der Waals surface area contributed by atoms with Crippen LogP contribution in [-0.2, 0) is 6.54 Å². The molecule has 106 valence electrons. The second kappa shape index (κ2) is 6.60. The predicted octanol–water partition coefficient (Wildman–Crippen LogP) is 2.80. The van der Waals surface area contributed by atoms with Gasteiger partial charge in [-0.3, -0.25) is 0 Å². The third-order valence-electron chi connectivity index (χ3n) is 3.96. The zero-order valence-electron chi connectivity index (χ0n) is 11.7. The van der Waals surface area contributed by atoms with Gasteiger partial charge in [-0.25, -0.2) is 0 Å². The van der Waals surface area contributed by atoms with Gasteiger partial charge in [0.25, 0.3) is 0 Å². The molecule has 1 aliphatic rings. The normalized spacial score (nSPS) is 23.4. The highest BCUT2D eigenvalue weighted by Crippen LogP contribution is 2.31. The fraction of sp³-hybridized carbons (Fsp3) is 0.600. The smallest absolute Gasteiger partial charge is 0.0743 e. The summed E-state index contributed by atoms with van der Waals surface area (Å²) in [6.07, 6.45) is 3.99. The molecule has 0 spiro atoms. The SMILES string of the molecule is CNCc1ccc(N(C)C2CCCCC2O)c(Cl)c1. The van der Waals surface area contributed by atoms with E-state index in [1.54, 1.807) is 0 Å². The van der Waals surface area contributed by atoms with Gasteiger partial charge in [0.15, 0.2) is 0 Å². The van der Waals surface area contributed by atoms with Crippen molar-refractivity contribution in [1.29, 1.82) is 0 Å². The summed E-state index contributed by atoms with van der Waals surface area (Å²) in [6.45, 7) is 0.815. The first-order valence-corrected chi connectivity index (χ1v) is 7.35. The summed E-state index contributed by atoms with van der Waals surface area (Å²) in [5.74, 6) is 0. The summed E-state index contributed by atoms with van der Waals surface area (Å²) in [5, 5.41) is 14.0. The molecule has 2 rings (SSSR count). The Labute approximate surface area is 120 Å². The topological polar surface area (TPSA) is 35.5 Å². The van der Waals surface area contributed by atoms with E-state index < -0.39 is 0 Å². The molecule has 2 atom stereocenters. The number of hydrogen-bond acceptors (Lipinski definition) is 3. The van der Waals surface area contributed by atoms with Gasteiger partial charge in [0.2, 0.25) is 0 Å². The lowest BCUT2D eigenvalue weighted by atomic mass is 9.91. The highest BCUT2D eigenvalue weighted by Gasteiger charge is 2.27. The Morgan fingerprint density at radius 1 is 1.37 bits per heavy atom. The maximum Gasteiger partial charge on any atom is 0.0743 e. The third kappa shape index (κ3) is 3.41. The van der Waals surface area contributed by atoms with E-state index in [1.807, 2.05) is 20.2 Å². The van der Waals surface area contributed by atoms with Gasteiger partial charge in [-0.1, -0.05) is 30.5 Å². The number of hydrogen-bond donors (Lipinski definition) is 2.